The molecule has 0 atom stereocenters. The van der Waals surface area contributed by atoms with E-state index in [2.05, 4.69) is 17.2 Å². The Balaban J connectivity index is 2.19. The van der Waals surface area contributed by atoms with Crippen LogP contribution in [0.1, 0.15) is 68.4 Å². The normalized spacial score (nSPS) is 17.1. The summed E-state index contributed by atoms with van der Waals surface area (Å²) in [5.74, 6) is 0.645. The third-order valence-electron chi connectivity index (χ3n) is 4.08. The van der Waals surface area contributed by atoms with Gasteiger partial charge in [-0.1, -0.05) is 20.8 Å². The van der Waals surface area contributed by atoms with Gasteiger partial charge in [0, 0.05) is 16.8 Å². The number of aromatic nitrogens is 1. The summed E-state index contributed by atoms with van der Waals surface area (Å²) < 4.78 is 0. The summed E-state index contributed by atoms with van der Waals surface area (Å²) in [7, 11) is 0. The zero-order valence-corrected chi connectivity index (χ0v) is 12.0. The van der Waals surface area contributed by atoms with Gasteiger partial charge >= 0.3 is 0 Å². The number of hydrogen-bond donors (Lipinski definition) is 2. The third kappa shape index (κ3) is 2.88. The number of hydrogen-bond acceptors (Lipinski definition) is 3. The van der Waals surface area contributed by atoms with Crippen molar-refractivity contribution in [3.8, 4) is 0 Å². The van der Waals surface area contributed by atoms with E-state index >= 15 is 0 Å². The van der Waals surface area contributed by atoms with Crippen molar-refractivity contribution in [2.45, 2.75) is 57.9 Å². The second kappa shape index (κ2) is 5.19. The van der Waals surface area contributed by atoms with Crippen molar-refractivity contribution >= 4 is 11.7 Å². The third-order valence-corrected chi connectivity index (χ3v) is 4.08. The van der Waals surface area contributed by atoms with Crippen LogP contribution in [0.2, 0.25) is 0 Å². The molecule has 2 rings (SSSR count). The average Bonchev–Trinajstić information content (AvgIpc) is 2.32. The Kier molecular flexibility index (Phi) is 3.78. The van der Waals surface area contributed by atoms with Crippen LogP contribution in [0.5, 0.6) is 0 Å². The lowest BCUT2D eigenvalue weighted by Crippen LogP contribution is -2.53. The van der Waals surface area contributed by atoms with E-state index in [-0.39, 0.29) is 17.4 Å². The highest BCUT2D eigenvalue weighted by molar-refractivity contribution is 5.95. The van der Waals surface area contributed by atoms with E-state index in [4.69, 9.17) is 5.73 Å². The first-order valence-corrected chi connectivity index (χ1v) is 7.06. The summed E-state index contributed by atoms with van der Waals surface area (Å²) in [6.07, 6.45) is 4.33. The molecule has 1 aromatic rings. The fraction of sp³-hybridized carbons (Fsp3) is 0.600. The van der Waals surface area contributed by atoms with Crippen LogP contribution in [-0.4, -0.2) is 16.4 Å². The number of pyridine rings is 1. The van der Waals surface area contributed by atoms with Gasteiger partial charge in [-0.25, -0.2) is 4.98 Å². The van der Waals surface area contributed by atoms with Crippen molar-refractivity contribution in [1.29, 1.82) is 0 Å². The molecule has 1 aliphatic carbocycles. The molecule has 1 amide bonds. The highest BCUT2D eigenvalue weighted by Gasteiger charge is 2.36. The summed E-state index contributed by atoms with van der Waals surface area (Å²) >= 11 is 0. The molecule has 4 nitrogen and oxygen atoms in total. The number of nitrogens with zero attached hydrogens (tertiary/aromatic N) is 1. The molecule has 1 fully saturated rings. The van der Waals surface area contributed by atoms with Gasteiger partial charge in [0.05, 0.1) is 0 Å². The van der Waals surface area contributed by atoms with Gasteiger partial charge in [0.25, 0.3) is 5.91 Å². The maximum Gasteiger partial charge on any atom is 0.251 e. The van der Waals surface area contributed by atoms with Crippen LogP contribution >= 0.6 is 0 Å². The minimum Gasteiger partial charge on any atom is -0.384 e. The monoisotopic (exact) mass is 261 g/mol. The second-order valence-electron chi connectivity index (χ2n) is 5.80. The van der Waals surface area contributed by atoms with Gasteiger partial charge in [-0.15, -0.1) is 0 Å². The first-order valence-electron chi connectivity index (χ1n) is 7.06. The molecule has 0 aliphatic heterocycles. The van der Waals surface area contributed by atoms with Gasteiger partial charge in [0.2, 0.25) is 0 Å². The lowest BCUT2D eigenvalue weighted by Gasteiger charge is -2.42. The van der Waals surface area contributed by atoms with Crippen LogP contribution in [0.15, 0.2) is 12.1 Å². The predicted octanol–water partition coefficient (Wildman–Crippen LogP) is 2.85. The molecule has 0 bridgehead atoms. The lowest BCUT2D eigenvalue weighted by atomic mass is 9.74. The van der Waals surface area contributed by atoms with Gasteiger partial charge in [0.1, 0.15) is 5.82 Å². The van der Waals surface area contributed by atoms with Crippen LogP contribution in [0.4, 0.5) is 5.82 Å². The van der Waals surface area contributed by atoms with E-state index in [0.717, 1.165) is 25.0 Å². The van der Waals surface area contributed by atoms with Crippen molar-refractivity contribution < 1.29 is 4.79 Å². The van der Waals surface area contributed by atoms with E-state index < -0.39 is 0 Å². The average molecular weight is 261 g/mol. The molecular weight excluding hydrogens is 238 g/mol. The Hall–Kier alpha value is -1.58. The summed E-state index contributed by atoms with van der Waals surface area (Å²) in [6.45, 7) is 6.21. The molecule has 0 spiro atoms. The Morgan fingerprint density at radius 2 is 2.16 bits per heavy atom. The number of carbonyl (C=O) groups excluding carboxylic acids is 1. The smallest absolute Gasteiger partial charge is 0.251 e. The Morgan fingerprint density at radius 1 is 1.47 bits per heavy atom. The Bertz CT molecular complexity index is 473. The number of carbonyl (C=O) groups is 1. The standard InChI is InChI=1S/C15H23N3O/c1-4-15(6-5-7-15)18-14(19)11-8-12(10(2)3)17-13(16)9-11/h8-10H,4-7H2,1-3H3,(H2,16,17)(H,18,19). The number of nitrogens with one attached hydrogen (secondary N) is 1. The van der Waals surface area contributed by atoms with E-state index in [9.17, 15) is 4.79 Å². The molecule has 1 saturated carbocycles. The highest BCUT2D eigenvalue weighted by Crippen LogP contribution is 2.34. The molecular formula is C15H23N3O. The summed E-state index contributed by atoms with van der Waals surface area (Å²) in [5, 5.41) is 3.17. The molecule has 0 unspecified atom stereocenters. The predicted molar refractivity (Wildman–Crippen MR) is 77.1 cm³/mol. The highest BCUT2D eigenvalue weighted by atomic mass is 16.1. The van der Waals surface area contributed by atoms with Crippen molar-refractivity contribution in [2.24, 2.45) is 0 Å². The quantitative estimate of drug-likeness (QED) is 0.875. The fourth-order valence-corrected chi connectivity index (χ4v) is 2.48. The first-order chi connectivity index (χ1) is 8.96. The zero-order chi connectivity index (χ0) is 14.0. The van der Waals surface area contributed by atoms with Crippen LogP contribution in [0, 0.1) is 0 Å². The van der Waals surface area contributed by atoms with Crippen molar-refractivity contribution in [1.82, 2.24) is 10.3 Å². The Labute approximate surface area is 114 Å². The molecule has 3 N–H and O–H groups in total. The minimum atomic E-state index is -0.0300. The van der Waals surface area contributed by atoms with Crippen LogP contribution in [0.3, 0.4) is 0 Å². The zero-order valence-electron chi connectivity index (χ0n) is 12.0. The van der Waals surface area contributed by atoms with E-state index in [1.54, 1.807) is 6.07 Å². The first kappa shape index (κ1) is 13.8. The molecule has 1 heterocycles. The summed E-state index contributed by atoms with van der Waals surface area (Å²) in [5.41, 5.74) is 7.28. The van der Waals surface area contributed by atoms with Crippen LogP contribution in [-0.2, 0) is 0 Å². The number of rotatable bonds is 4. The van der Waals surface area contributed by atoms with Gasteiger partial charge in [0.15, 0.2) is 0 Å². The number of nitrogen functional groups attached to an aromatic ring is 1. The fourth-order valence-electron chi connectivity index (χ4n) is 2.48. The second-order valence-corrected chi connectivity index (χ2v) is 5.80. The SMILES string of the molecule is CCC1(NC(=O)c2cc(N)nc(C(C)C)c2)CCC1. The van der Waals surface area contributed by atoms with Crippen molar-refractivity contribution in [2.75, 3.05) is 5.73 Å². The summed E-state index contributed by atoms with van der Waals surface area (Å²) in [4.78, 5) is 16.6. The largest absolute Gasteiger partial charge is 0.384 e. The minimum absolute atomic E-state index is 0.00705. The topological polar surface area (TPSA) is 68.0 Å². The molecule has 0 saturated heterocycles. The number of anilines is 1. The maximum absolute atomic E-state index is 12.3. The molecule has 4 heteroatoms. The molecule has 0 radical (unpaired) electrons. The number of nitrogens with two attached hydrogens (primary N) is 1. The number of amides is 1. The molecule has 19 heavy (non-hydrogen) atoms. The van der Waals surface area contributed by atoms with E-state index in [1.807, 2.05) is 19.9 Å². The van der Waals surface area contributed by atoms with Crippen LogP contribution < -0.4 is 11.1 Å². The molecule has 1 aromatic heterocycles. The van der Waals surface area contributed by atoms with Crippen LogP contribution in [0.25, 0.3) is 0 Å². The molecule has 0 aromatic carbocycles. The maximum atomic E-state index is 12.3. The lowest BCUT2D eigenvalue weighted by molar-refractivity contribution is 0.0820. The molecule has 104 valence electrons. The van der Waals surface area contributed by atoms with Gasteiger partial charge in [-0.2, -0.15) is 0 Å². The van der Waals surface area contributed by atoms with E-state index in [1.165, 1.54) is 6.42 Å². The van der Waals surface area contributed by atoms with Gasteiger partial charge in [-0.05, 0) is 43.7 Å². The van der Waals surface area contributed by atoms with Gasteiger partial charge in [-0.3, -0.25) is 4.79 Å². The van der Waals surface area contributed by atoms with Gasteiger partial charge < -0.3 is 11.1 Å². The van der Waals surface area contributed by atoms with Crippen molar-refractivity contribution in [3.63, 3.8) is 0 Å². The Morgan fingerprint density at radius 3 is 2.63 bits per heavy atom. The summed E-state index contributed by atoms with van der Waals surface area (Å²) in [6, 6.07) is 3.50. The molecule has 1 aliphatic rings. The van der Waals surface area contributed by atoms with E-state index in [0.29, 0.717) is 11.4 Å². The van der Waals surface area contributed by atoms with Crippen molar-refractivity contribution in [3.05, 3.63) is 23.4 Å².